The van der Waals surface area contributed by atoms with Crippen LogP contribution in [-0.4, -0.2) is 0 Å². The van der Waals surface area contributed by atoms with Crippen molar-refractivity contribution in [1.29, 1.82) is 0 Å². The van der Waals surface area contributed by atoms with Crippen LogP contribution in [0.3, 0.4) is 0 Å². The van der Waals surface area contributed by atoms with E-state index in [0.717, 1.165) is 23.7 Å². The molecule has 0 saturated heterocycles. The van der Waals surface area contributed by atoms with Crippen molar-refractivity contribution in [3.05, 3.63) is 12.2 Å². The van der Waals surface area contributed by atoms with Crippen LogP contribution in [0.2, 0.25) is 0 Å². The van der Waals surface area contributed by atoms with Gasteiger partial charge in [-0.2, -0.15) is 0 Å². The van der Waals surface area contributed by atoms with Crippen LogP contribution in [0, 0.1) is 47.3 Å². The molecule has 4 bridgehead atoms. The average molecular weight is 186 g/mol. The Balaban J connectivity index is 1.64. The molecule has 0 radical (unpaired) electrons. The molecule has 0 N–H and O–H groups in total. The lowest BCUT2D eigenvalue weighted by atomic mass is 9.57. The Morgan fingerprint density at radius 3 is 1.71 bits per heavy atom. The summed E-state index contributed by atoms with van der Waals surface area (Å²) in [6, 6.07) is 0. The maximum Gasteiger partial charge on any atom is -0.0194 e. The standard InChI is InChI=1S/C14H18/c1-2-8-5-7(1)13-11-6-12(14(8)13)10-4-3-9(10)11/h1-2,7-14H,3-6H2. The molecule has 0 spiro atoms. The van der Waals surface area contributed by atoms with Gasteiger partial charge >= 0.3 is 0 Å². The van der Waals surface area contributed by atoms with Crippen LogP contribution in [-0.2, 0) is 0 Å². The normalized spacial score (nSPS) is 70.9. The van der Waals surface area contributed by atoms with Crippen molar-refractivity contribution in [2.24, 2.45) is 47.3 Å². The summed E-state index contributed by atoms with van der Waals surface area (Å²) < 4.78 is 0. The Morgan fingerprint density at radius 2 is 1.21 bits per heavy atom. The van der Waals surface area contributed by atoms with E-state index >= 15 is 0 Å². The molecule has 4 fully saturated rings. The van der Waals surface area contributed by atoms with Gasteiger partial charge in [-0.1, -0.05) is 12.2 Å². The van der Waals surface area contributed by atoms with E-state index in [1.165, 1.54) is 23.7 Å². The van der Waals surface area contributed by atoms with E-state index in [1.54, 1.807) is 25.7 Å². The number of fused-ring (bicyclic) bond motifs is 12. The molecule has 8 unspecified atom stereocenters. The van der Waals surface area contributed by atoms with E-state index in [2.05, 4.69) is 12.2 Å². The lowest BCUT2D eigenvalue weighted by molar-refractivity contribution is 0.0174. The van der Waals surface area contributed by atoms with Crippen molar-refractivity contribution in [3.63, 3.8) is 0 Å². The maximum atomic E-state index is 2.57. The van der Waals surface area contributed by atoms with Crippen LogP contribution >= 0.6 is 0 Å². The fourth-order valence-corrected chi connectivity index (χ4v) is 6.27. The highest BCUT2D eigenvalue weighted by Crippen LogP contribution is 2.72. The largest absolute Gasteiger partial charge is 0.0848 e. The lowest BCUT2D eigenvalue weighted by Crippen LogP contribution is -2.42. The highest BCUT2D eigenvalue weighted by molar-refractivity contribution is 5.23. The van der Waals surface area contributed by atoms with Crippen LogP contribution in [0.25, 0.3) is 0 Å². The first kappa shape index (κ1) is 7.09. The van der Waals surface area contributed by atoms with Crippen molar-refractivity contribution >= 4 is 0 Å². The summed E-state index contributed by atoms with van der Waals surface area (Å²) in [7, 11) is 0. The third-order valence-electron chi connectivity index (χ3n) is 6.60. The van der Waals surface area contributed by atoms with Gasteiger partial charge in [0.05, 0.1) is 0 Å². The number of rotatable bonds is 0. The van der Waals surface area contributed by atoms with E-state index in [9.17, 15) is 0 Å². The van der Waals surface area contributed by atoms with Crippen molar-refractivity contribution in [3.8, 4) is 0 Å². The lowest BCUT2D eigenvalue weighted by Gasteiger charge is -2.48. The summed E-state index contributed by atoms with van der Waals surface area (Å²) in [6.45, 7) is 0. The summed E-state index contributed by atoms with van der Waals surface area (Å²) >= 11 is 0. The van der Waals surface area contributed by atoms with Crippen molar-refractivity contribution in [2.45, 2.75) is 25.7 Å². The molecule has 0 nitrogen and oxygen atoms in total. The van der Waals surface area contributed by atoms with Gasteiger partial charge in [-0.3, -0.25) is 0 Å². The molecule has 0 aromatic heterocycles. The van der Waals surface area contributed by atoms with E-state index in [1.807, 2.05) is 0 Å². The van der Waals surface area contributed by atoms with Gasteiger partial charge in [0, 0.05) is 0 Å². The fraction of sp³-hybridized carbons (Fsp3) is 0.857. The predicted octanol–water partition coefficient (Wildman–Crippen LogP) is 3.10. The zero-order valence-corrected chi connectivity index (χ0v) is 8.60. The van der Waals surface area contributed by atoms with Crippen molar-refractivity contribution < 1.29 is 0 Å². The van der Waals surface area contributed by atoms with Crippen LogP contribution < -0.4 is 0 Å². The molecule has 14 heavy (non-hydrogen) atoms. The Labute approximate surface area is 85.8 Å². The molecule has 0 amide bonds. The van der Waals surface area contributed by atoms with Gasteiger partial charge in [-0.15, -0.1) is 0 Å². The highest BCUT2D eigenvalue weighted by atomic mass is 14.7. The van der Waals surface area contributed by atoms with E-state index in [4.69, 9.17) is 0 Å². The first-order chi connectivity index (χ1) is 6.93. The number of allylic oxidation sites excluding steroid dienone is 2. The molecular weight excluding hydrogens is 168 g/mol. The first-order valence-corrected chi connectivity index (χ1v) is 6.62. The quantitative estimate of drug-likeness (QED) is 0.403. The van der Waals surface area contributed by atoms with Gasteiger partial charge in [0.15, 0.2) is 0 Å². The summed E-state index contributed by atoms with van der Waals surface area (Å²) in [5, 5.41) is 0. The minimum absolute atomic E-state index is 1.03. The summed E-state index contributed by atoms with van der Waals surface area (Å²) in [4.78, 5) is 0. The van der Waals surface area contributed by atoms with E-state index in [0.29, 0.717) is 0 Å². The summed E-state index contributed by atoms with van der Waals surface area (Å²) in [6.07, 6.45) is 11.5. The average Bonchev–Trinajstić information content (AvgIpc) is 2.76. The molecular formula is C14H18. The van der Waals surface area contributed by atoms with E-state index in [-0.39, 0.29) is 0 Å². The predicted molar refractivity (Wildman–Crippen MR) is 55.5 cm³/mol. The van der Waals surface area contributed by atoms with Crippen LogP contribution in [0.1, 0.15) is 25.7 Å². The van der Waals surface area contributed by atoms with Gasteiger partial charge in [0.2, 0.25) is 0 Å². The first-order valence-electron chi connectivity index (χ1n) is 6.62. The molecule has 8 atom stereocenters. The van der Waals surface area contributed by atoms with Crippen LogP contribution in [0.5, 0.6) is 0 Å². The van der Waals surface area contributed by atoms with Crippen molar-refractivity contribution in [1.82, 2.24) is 0 Å². The van der Waals surface area contributed by atoms with Crippen LogP contribution in [0.4, 0.5) is 0 Å². The molecule has 5 aliphatic carbocycles. The maximum absolute atomic E-state index is 2.57. The SMILES string of the molecule is C1=CC2CC1C1C3CC(C4CCC43)C21. The van der Waals surface area contributed by atoms with Gasteiger partial charge in [-0.05, 0) is 73.0 Å². The minimum Gasteiger partial charge on any atom is -0.0848 e. The molecule has 0 aromatic carbocycles. The van der Waals surface area contributed by atoms with Gasteiger partial charge in [-0.25, -0.2) is 0 Å². The molecule has 0 aromatic rings. The highest BCUT2D eigenvalue weighted by Gasteiger charge is 2.66. The Kier molecular flexibility index (Phi) is 1.00. The second-order valence-corrected chi connectivity index (χ2v) is 6.57. The summed E-state index contributed by atoms with van der Waals surface area (Å²) in [5.74, 6) is 9.16. The second-order valence-electron chi connectivity index (χ2n) is 6.57. The molecule has 5 aliphatic rings. The zero-order valence-electron chi connectivity index (χ0n) is 8.60. The minimum atomic E-state index is 1.03. The Bertz CT molecular complexity index is 299. The molecule has 4 saturated carbocycles. The topological polar surface area (TPSA) is 0 Å². The van der Waals surface area contributed by atoms with Gasteiger partial charge in [0.1, 0.15) is 0 Å². The van der Waals surface area contributed by atoms with Gasteiger partial charge < -0.3 is 0 Å². The molecule has 74 valence electrons. The molecule has 0 heteroatoms. The summed E-state index contributed by atoms with van der Waals surface area (Å²) in [5.41, 5.74) is 0. The Hall–Kier alpha value is -0.260. The monoisotopic (exact) mass is 186 g/mol. The second kappa shape index (κ2) is 1.99. The van der Waals surface area contributed by atoms with Crippen molar-refractivity contribution in [2.75, 3.05) is 0 Å². The molecule has 5 rings (SSSR count). The molecule has 0 heterocycles. The third kappa shape index (κ3) is 0.547. The van der Waals surface area contributed by atoms with Crippen LogP contribution in [0.15, 0.2) is 12.2 Å². The Morgan fingerprint density at radius 1 is 0.643 bits per heavy atom. The number of hydrogen-bond acceptors (Lipinski definition) is 0. The van der Waals surface area contributed by atoms with Gasteiger partial charge in [0.25, 0.3) is 0 Å². The fourth-order valence-electron chi connectivity index (χ4n) is 6.27. The number of hydrogen-bond donors (Lipinski definition) is 0. The third-order valence-corrected chi connectivity index (χ3v) is 6.60. The van der Waals surface area contributed by atoms with E-state index < -0.39 is 0 Å². The molecule has 0 aliphatic heterocycles. The smallest absolute Gasteiger partial charge is 0.0194 e. The zero-order chi connectivity index (χ0) is 8.86.